The van der Waals surface area contributed by atoms with Gasteiger partial charge in [0, 0.05) is 23.7 Å². The standard InChI is InChI=1S/C17H34N2O/c1-13(2)18-17(12-20)9-8-16(11-17)19(4)15-7-5-6-14(3)10-15/h13-16,18,20H,5-12H2,1-4H3. The van der Waals surface area contributed by atoms with Crippen molar-refractivity contribution in [3.05, 3.63) is 0 Å². The van der Waals surface area contributed by atoms with Crippen LogP contribution < -0.4 is 5.32 Å². The summed E-state index contributed by atoms with van der Waals surface area (Å²) in [5.74, 6) is 0.883. The molecule has 2 saturated carbocycles. The van der Waals surface area contributed by atoms with Crippen LogP contribution in [0.2, 0.25) is 0 Å². The Morgan fingerprint density at radius 1 is 1.25 bits per heavy atom. The minimum atomic E-state index is -0.0343. The molecule has 2 fully saturated rings. The van der Waals surface area contributed by atoms with Gasteiger partial charge in [0.15, 0.2) is 0 Å². The first-order chi connectivity index (χ1) is 9.46. The zero-order chi connectivity index (χ0) is 14.8. The lowest BCUT2D eigenvalue weighted by atomic mass is 9.85. The van der Waals surface area contributed by atoms with Crippen LogP contribution in [0.25, 0.3) is 0 Å². The first-order valence-electron chi connectivity index (χ1n) is 8.56. The Hall–Kier alpha value is -0.120. The van der Waals surface area contributed by atoms with Crippen molar-refractivity contribution in [2.45, 2.75) is 89.4 Å². The number of hydrogen-bond donors (Lipinski definition) is 2. The minimum Gasteiger partial charge on any atom is -0.394 e. The van der Waals surface area contributed by atoms with Crippen LogP contribution in [0.3, 0.4) is 0 Å². The van der Waals surface area contributed by atoms with E-state index in [1.807, 2.05) is 0 Å². The van der Waals surface area contributed by atoms with Gasteiger partial charge in [0.25, 0.3) is 0 Å². The lowest BCUT2D eigenvalue weighted by molar-refractivity contribution is 0.102. The lowest BCUT2D eigenvalue weighted by Crippen LogP contribution is -2.51. The number of aliphatic hydroxyl groups is 1. The average molecular weight is 282 g/mol. The summed E-state index contributed by atoms with van der Waals surface area (Å²) in [7, 11) is 2.32. The van der Waals surface area contributed by atoms with Gasteiger partial charge in [-0.1, -0.05) is 33.6 Å². The number of aliphatic hydroxyl groups excluding tert-OH is 1. The smallest absolute Gasteiger partial charge is 0.0614 e. The molecule has 0 radical (unpaired) electrons. The van der Waals surface area contributed by atoms with Crippen LogP contribution in [0, 0.1) is 5.92 Å². The highest BCUT2D eigenvalue weighted by molar-refractivity contribution is 5.00. The molecule has 0 saturated heterocycles. The summed E-state index contributed by atoms with van der Waals surface area (Å²) in [4.78, 5) is 2.63. The SMILES string of the molecule is CC1CCCC(N(C)C2CCC(CO)(NC(C)C)C2)C1. The first-order valence-corrected chi connectivity index (χ1v) is 8.56. The predicted molar refractivity (Wildman–Crippen MR) is 84.9 cm³/mol. The molecule has 2 rings (SSSR count). The van der Waals surface area contributed by atoms with Crippen LogP contribution in [0.1, 0.15) is 65.7 Å². The topological polar surface area (TPSA) is 35.5 Å². The van der Waals surface area contributed by atoms with Gasteiger partial charge < -0.3 is 15.3 Å². The Labute approximate surface area is 125 Å². The third-order valence-corrected chi connectivity index (χ3v) is 5.54. The molecule has 0 bridgehead atoms. The van der Waals surface area contributed by atoms with E-state index in [-0.39, 0.29) is 12.1 Å². The minimum absolute atomic E-state index is 0.0343. The summed E-state index contributed by atoms with van der Waals surface area (Å²) in [6.45, 7) is 7.03. The molecule has 0 spiro atoms. The molecule has 3 heteroatoms. The van der Waals surface area contributed by atoms with E-state index in [0.717, 1.165) is 24.8 Å². The van der Waals surface area contributed by atoms with Crippen molar-refractivity contribution in [3.8, 4) is 0 Å². The van der Waals surface area contributed by atoms with Crippen LogP contribution in [0.4, 0.5) is 0 Å². The van der Waals surface area contributed by atoms with Gasteiger partial charge in [-0.15, -0.1) is 0 Å². The highest BCUT2D eigenvalue weighted by Gasteiger charge is 2.41. The van der Waals surface area contributed by atoms with Crippen LogP contribution in [0.15, 0.2) is 0 Å². The zero-order valence-corrected chi connectivity index (χ0v) is 13.9. The van der Waals surface area contributed by atoms with E-state index < -0.39 is 0 Å². The van der Waals surface area contributed by atoms with Crippen molar-refractivity contribution in [2.75, 3.05) is 13.7 Å². The molecule has 0 aromatic heterocycles. The first kappa shape index (κ1) is 16.3. The van der Waals surface area contributed by atoms with Crippen molar-refractivity contribution >= 4 is 0 Å². The maximum absolute atomic E-state index is 9.84. The Morgan fingerprint density at radius 3 is 2.60 bits per heavy atom. The normalized spacial score (nSPS) is 38.9. The van der Waals surface area contributed by atoms with E-state index in [9.17, 15) is 5.11 Å². The van der Waals surface area contributed by atoms with Gasteiger partial charge in [0.05, 0.1) is 6.61 Å². The monoisotopic (exact) mass is 282 g/mol. The summed E-state index contributed by atoms with van der Waals surface area (Å²) >= 11 is 0. The fraction of sp³-hybridized carbons (Fsp3) is 1.00. The Kier molecular flexibility index (Phi) is 5.49. The van der Waals surface area contributed by atoms with Crippen molar-refractivity contribution in [2.24, 2.45) is 5.92 Å². The van der Waals surface area contributed by atoms with E-state index in [1.165, 1.54) is 32.1 Å². The molecule has 3 nitrogen and oxygen atoms in total. The van der Waals surface area contributed by atoms with Gasteiger partial charge in [0.1, 0.15) is 0 Å². The lowest BCUT2D eigenvalue weighted by Gasteiger charge is -2.39. The third-order valence-electron chi connectivity index (χ3n) is 5.54. The second-order valence-corrected chi connectivity index (χ2v) is 7.73. The fourth-order valence-electron chi connectivity index (χ4n) is 4.45. The maximum Gasteiger partial charge on any atom is 0.0614 e. The van der Waals surface area contributed by atoms with E-state index in [4.69, 9.17) is 0 Å². The van der Waals surface area contributed by atoms with Gasteiger partial charge >= 0.3 is 0 Å². The average Bonchev–Trinajstić information content (AvgIpc) is 2.82. The molecule has 0 amide bonds. The highest BCUT2D eigenvalue weighted by atomic mass is 16.3. The molecule has 118 valence electrons. The highest BCUT2D eigenvalue weighted by Crippen LogP contribution is 2.36. The van der Waals surface area contributed by atoms with Gasteiger partial charge in [0.2, 0.25) is 0 Å². The quantitative estimate of drug-likeness (QED) is 0.814. The Balaban J connectivity index is 1.93. The van der Waals surface area contributed by atoms with E-state index in [2.05, 4.69) is 38.0 Å². The molecule has 20 heavy (non-hydrogen) atoms. The van der Waals surface area contributed by atoms with Crippen LogP contribution in [-0.2, 0) is 0 Å². The number of hydrogen-bond acceptors (Lipinski definition) is 3. The fourth-order valence-corrected chi connectivity index (χ4v) is 4.45. The molecule has 0 aliphatic heterocycles. The largest absolute Gasteiger partial charge is 0.394 e. The summed E-state index contributed by atoms with van der Waals surface area (Å²) < 4.78 is 0. The molecule has 2 N–H and O–H groups in total. The second-order valence-electron chi connectivity index (χ2n) is 7.73. The van der Waals surface area contributed by atoms with Gasteiger partial charge in [-0.25, -0.2) is 0 Å². The zero-order valence-electron chi connectivity index (χ0n) is 13.9. The number of rotatable bonds is 5. The van der Waals surface area contributed by atoms with Gasteiger partial charge in [-0.2, -0.15) is 0 Å². The van der Waals surface area contributed by atoms with Crippen LogP contribution in [0.5, 0.6) is 0 Å². The third kappa shape index (κ3) is 3.75. The van der Waals surface area contributed by atoms with Crippen molar-refractivity contribution in [3.63, 3.8) is 0 Å². The summed E-state index contributed by atoms with van der Waals surface area (Å²) in [6, 6.07) is 1.85. The summed E-state index contributed by atoms with van der Waals surface area (Å²) in [5.41, 5.74) is -0.0343. The second kappa shape index (κ2) is 6.76. The number of nitrogens with one attached hydrogen (secondary N) is 1. The van der Waals surface area contributed by atoms with Crippen molar-refractivity contribution in [1.29, 1.82) is 0 Å². The Bertz CT molecular complexity index is 307. The predicted octanol–water partition coefficient (Wildman–Crippen LogP) is 2.78. The molecule has 0 aromatic carbocycles. The molecular formula is C17H34N2O. The van der Waals surface area contributed by atoms with E-state index in [1.54, 1.807) is 0 Å². The van der Waals surface area contributed by atoms with Crippen LogP contribution in [-0.4, -0.2) is 47.3 Å². The van der Waals surface area contributed by atoms with Crippen molar-refractivity contribution in [1.82, 2.24) is 10.2 Å². The van der Waals surface area contributed by atoms with E-state index >= 15 is 0 Å². The molecular weight excluding hydrogens is 248 g/mol. The summed E-state index contributed by atoms with van der Waals surface area (Å²) in [5, 5.41) is 13.5. The molecule has 0 aromatic rings. The molecule has 4 unspecified atom stereocenters. The molecule has 4 atom stereocenters. The van der Waals surface area contributed by atoms with Gasteiger partial charge in [-0.05, 0) is 45.1 Å². The molecule has 0 heterocycles. The maximum atomic E-state index is 9.84. The van der Waals surface area contributed by atoms with Gasteiger partial charge in [-0.3, -0.25) is 0 Å². The number of nitrogens with zero attached hydrogens (tertiary/aromatic N) is 1. The Morgan fingerprint density at radius 2 is 2.00 bits per heavy atom. The molecule has 2 aliphatic carbocycles. The van der Waals surface area contributed by atoms with Crippen LogP contribution >= 0.6 is 0 Å². The van der Waals surface area contributed by atoms with Crippen molar-refractivity contribution < 1.29 is 5.11 Å². The molecule has 2 aliphatic rings. The summed E-state index contributed by atoms with van der Waals surface area (Å²) in [6.07, 6.45) is 8.95. The van der Waals surface area contributed by atoms with E-state index in [0.29, 0.717) is 12.1 Å².